The van der Waals surface area contributed by atoms with Gasteiger partial charge in [-0.1, -0.05) is 12.1 Å². The number of rotatable bonds is 5. The number of nitriles is 1. The number of nitrogens with two attached hydrogens (primary N) is 1. The van der Waals surface area contributed by atoms with E-state index in [0.29, 0.717) is 13.0 Å². The van der Waals surface area contributed by atoms with E-state index in [1.54, 1.807) is 0 Å². The van der Waals surface area contributed by atoms with Crippen LogP contribution < -0.4 is 10.6 Å². The monoisotopic (exact) mass is 201 g/mol. The first kappa shape index (κ1) is 11.1. The normalized spacial score (nSPS) is 9.27. The molecular formula is C12H15N3. The molecule has 1 aromatic rings. The van der Waals surface area contributed by atoms with E-state index in [9.17, 15) is 0 Å². The van der Waals surface area contributed by atoms with Gasteiger partial charge in [0.2, 0.25) is 0 Å². The highest BCUT2D eigenvalue weighted by molar-refractivity contribution is 5.56. The fraction of sp³-hybridized carbons (Fsp3) is 0.250. The smallest absolute Gasteiger partial charge is 0.0640 e. The molecule has 0 fully saturated rings. The van der Waals surface area contributed by atoms with Gasteiger partial charge >= 0.3 is 0 Å². The molecule has 3 heteroatoms. The first-order chi connectivity index (χ1) is 7.27. The van der Waals surface area contributed by atoms with Crippen LogP contribution in [0.3, 0.4) is 0 Å². The third kappa shape index (κ3) is 3.35. The Morgan fingerprint density at radius 3 is 2.93 bits per heavy atom. The van der Waals surface area contributed by atoms with Crippen LogP contribution in [0.25, 0.3) is 0 Å². The van der Waals surface area contributed by atoms with Crippen molar-refractivity contribution in [3.8, 4) is 6.07 Å². The average molecular weight is 201 g/mol. The summed E-state index contributed by atoms with van der Waals surface area (Å²) in [7, 11) is 0. The van der Waals surface area contributed by atoms with Crippen molar-refractivity contribution in [3.05, 3.63) is 36.9 Å². The van der Waals surface area contributed by atoms with Gasteiger partial charge in [0, 0.05) is 24.5 Å². The molecule has 0 unspecified atom stereocenters. The molecule has 0 heterocycles. The number of nitrogen functional groups attached to an aromatic ring is 1. The molecule has 1 rings (SSSR count). The lowest BCUT2D eigenvalue weighted by atomic mass is 10.2. The largest absolute Gasteiger partial charge is 0.399 e. The van der Waals surface area contributed by atoms with Crippen molar-refractivity contribution in [1.82, 2.24) is 0 Å². The van der Waals surface area contributed by atoms with Crippen LogP contribution in [0, 0.1) is 11.3 Å². The highest BCUT2D eigenvalue weighted by atomic mass is 15.1. The second-order valence-electron chi connectivity index (χ2n) is 3.24. The van der Waals surface area contributed by atoms with Gasteiger partial charge in [0.05, 0.1) is 12.5 Å². The van der Waals surface area contributed by atoms with Crippen molar-refractivity contribution in [3.63, 3.8) is 0 Å². The van der Waals surface area contributed by atoms with Gasteiger partial charge in [-0.05, 0) is 18.2 Å². The zero-order chi connectivity index (χ0) is 11.1. The van der Waals surface area contributed by atoms with E-state index in [1.807, 2.05) is 30.3 Å². The van der Waals surface area contributed by atoms with Crippen molar-refractivity contribution in [2.75, 3.05) is 23.7 Å². The molecule has 0 saturated heterocycles. The maximum absolute atomic E-state index is 8.56. The molecule has 1 aromatic carbocycles. The Balaban J connectivity index is 2.79. The van der Waals surface area contributed by atoms with Crippen LogP contribution >= 0.6 is 0 Å². The molecule has 3 nitrogen and oxygen atoms in total. The molecule has 2 N–H and O–H groups in total. The molecule has 0 aliphatic carbocycles. The quantitative estimate of drug-likeness (QED) is 0.586. The van der Waals surface area contributed by atoms with Gasteiger partial charge in [0.25, 0.3) is 0 Å². The third-order valence-corrected chi connectivity index (χ3v) is 2.08. The summed E-state index contributed by atoms with van der Waals surface area (Å²) >= 11 is 0. The SMILES string of the molecule is C=CCN(CCC#N)c1cccc(N)c1. The minimum atomic E-state index is 0.503. The third-order valence-electron chi connectivity index (χ3n) is 2.08. The van der Waals surface area contributed by atoms with Gasteiger partial charge in [0.1, 0.15) is 0 Å². The van der Waals surface area contributed by atoms with Gasteiger partial charge in [-0.3, -0.25) is 0 Å². The van der Waals surface area contributed by atoms with Crippen LogP contribution in [0.2, 0.25) is 0 Å². The number of hydrogen-bond acceptors (Lipinski definition) is 3. The molecule has 0 saturated carbocycles. The first-order valence-electron chi connectivity index (χ1n) is 4.86. The molecule has 0 atom stereocenters. The van der Waals surface area contributed by atoms with Gasteiger partial charge in [0.15, 0.2) is 0 Å². The van der Waals surface area contributed by atoms with Crippen molar-refractivity contribution >= 4 is 11.4 Å². The summed E-state index contributed by atoms with van der Waals surface area (Å²) < 4.78 is 0. The zero-order valence-corrected chi connectivity index (χ0v) is 8.69. The highest BCUT2D eigenvalue weighted by Gasteiger charge is 2.03. The lowest BCUT2D eigenvalue weighted by Crippen LogP contribution is -2.24. The zero-order valence-electron chi connectivity index (χ0n) is 8.69. The second kappa shape index (κ2) is 5.71. The summed E-state index contributed by atoms with van der Waals surface area (Å²) in [5.41, 5.74) is 7.47. The second-order valence-corrected chi connectivity index (χ2v) is 3.24. The molecule has 0 aromatic heterocycles. The summed E-state index contributed by atoms with van der Waals surface area (Å²) in [6, 6.07) is 9.78. The van der Waals surface area contributed by atoms with E-state index >= 15 is 0 Å². The Morgan fingerprint density at radius 2 is 2.33 bits per heavy atom. The van der Waals surface area contributed by atoms with Gasteiger partial charge < -0.3 is 10.6 Å². The average Bonchev–Trinajstić information content (AvgIpc) is 2.24. The van der Waals surface area contributed by atoms with E-state index < -0.39 is 0 Å². The molecule has 0 aliphatic rings. The van der Waals surface area contributed by atoms with Crippen molar-refractivity contribution in [1.29, 1.82) is 5.26 Å². The fourth-order valence-corrected chi connectivity index (χ4v) is 1.39. The molecule has 0 radical (unpaired) electrons. The van der Waals surface area contributed by atoms with E-state index in [2.05, 4.69) is 17.5 Å². The predicted molar refractivity (Wildman–Crippen MR) is 63.5 cm³/mol. The lowest BCUT2D eigenvalue weighted by molar-refractivity contribution is 0.859. The first-order valence-corrected chi connectivity index (χ1v) is 4.86. The van der Waals surface area contributed by atoms with Crippen molar-refractivity contribution in [2.45, 2.75) is 6.42 Å². The fourth-order valence-electron chi connectivity index (χ4n) is 1.39. The lowest BCUT2D eigenvalue weighted by Gasteiger charge is -2.22. The van der Waals surface area contributed by atoms with Crippen molar-refractivity contribution < 1.29 is 0 Å². The maximum atomic E-state index is 8.56. The Kier molecular flexibility index (Phi) is 4.24. The van der Waals surface area contributed by atoms with Crippen molar-refractivity contribution in [2.24, 2.45) is 0 Å². The van der Waals surface area contributed by atoms with E-state index in [4.69, 9.17) is 11.0 Å². The van der Waals surface area contributed by atoms with Crippen LogP contribution in [0.4, 0.5) is 11.4 Å². The van der Waals surface area contributed by atoms with Crippen LogP contribution in [0.1, 0.15) is 6.42 Å². The molecule has 0 amide bonds. The Morgan fingerprint density at radius 1 is 1.53 bits per heavy atom. The Hall–Kier alpha value is -1.95. The highest BCUT2D eigenvalue weighted by Crippen LogP contribution is 2.17. The van der Waals surface area contributed by atoms with Gasteiger partial charge in [-0.2, -0.15) is 5.26 Å². The van der Waals surface area contributed by atoms with Crippen LogP contribution in [-0.2, 0) is 0 Å². The maximum Gasteiger partial charge on any atom is 0.0640 e. The summed E-state index contributed by atoms with van der Waals surface area (Å²) in [6.45, 7) is 5.13. The molecule has 0 spiro atoms. The standard InChI is InChI=1S/C12H15N3/c1-2-8-15(9-4-7-13)12-6-3-5-11(14)10-12/h2-3,5-6,10H,1,4,8-9,14H2. The molecule has 15 heavy (non-hydrogen) atoms. The van der Waals surface area contributed by atoms with Gasteiger partial charge in [-0.25, -0.2) is 0 Å². The van der Waals surface area contributed by atoms with E-state index in [-0.39, 0.29) is 0 Å². The molecule has 0 bridgehead atoms. The van der Waals surface area contributed by atoms with Gasteiger partial charge in [-0.15, -0.1) is 6.58 Å². The van der Waals surface area contributed by atoms with Crippen LogP contribution in [0.5, 0.6) is 0 Å². The number of benzene rings is 1. The summed E-state index contributed by atoms with van der Waals surface area (Å²) in [5.74, 6) is 0. The minimum absolute atomic E-state index is 0.503. The predicted octanol–water partition coefficient (Wildman–Crippen LogP) is 2.17. The van der Waals surface area contributed by atoms with E-state index in [1.165, 1.54) is 0 Å². The number of anilines is 2. The Labute approximate surface area is 90.4 Å². The summed E-state index contributed by atoms with van der Waals surface area (Å²) in [6.07, 6.45) is 2.32. The molecular weight excluding hydrogens is 186 g/mol. The van der Waals surface area contributed by atoms with Crippen LogP contribution in [-0.4, -0.2) is 13.1 Å². The summed E-state index contributed by atoms with van der Waals surface area (Å²) in [5, 5.41) is 8.56. The number of hydrogen-bond donors (Lipinski definition) is 1. The van der Waals surface area contributed by atoms with Crippen LogP contribution in [0.15, 0.2) is 36.9 Å². The van der Waals surface area contributed by atoms with E-state index in [0.717, 1.165) is 17.9 Å². The Bertz CT molecular complexity index is 365. The molecule has 0 aliphatic heterocycles. The summed E-state index contributed by atoms with van der Waals surface area (Å²) in [4.78, 5) is 2.08. The topological polar surface area (TPSA) is 53.0 Å². The minimum Gasteiger partial charge on any atom is -0.399 e. The number of nitrogens with zero attached hydrogens (tertiary/aromatic N) is 2. The molecule has 78 valence electrons.